The maximum Gasteiger partial charge on any atom is 0.249 e. The van der Waals surface area contributed by atoms with Gasteiger partial charge < -0.3 is 16.1 Å². The molecule has 0 saturated carbocycles. The van der Waals surface area contributed by atoms with Crippen molar-refractivity contribution in [3.63, 3.8) is 0 Å². The van der Waals surface area contributed by atoms with E-state index in [2.05, 4.69) is 31.6 Å². The molecule has 1 atom stereocenters. The van der Waals surface area contributed by atoms with Crippen molar-refractivity contribution < 1.29 is 23.0 Å². The average Bonchev–Trinajstić information content (AvgIpc) is 3.45. The van der Waals surface area contributed by atoms with E-state index in [9.17, 15) is 28.2 Å². The third-order valence-corrected chi connectivity index (χ3v) is 8.73. The van der Waals surface area contributed by atoms with Gasteiger partial charge in [-0.1, -0.05) is 23.7 Å². The Morgan fingerprint density at radius 1 is 1.12 bits per heavy atom. The lowest BCUT2D eigenvalue weighted by Crippen LogP contribution is -2.55. The van der Waals surface area contributed by atoms with Gasteiger partial charge in [0.05, 0.1) is 64.3 Å². The molecule has 10 nitrogen and oxygen atoms in total. The number of aromatic nitrogens is 2. The van der Waals surface area contributed by atoms with Crippen LogP contribution < -0.4 is 21.6 Å². The van der Waals surface area contributed by atoms with E-state index in [1.54, 1.807) is 17.3 Å². The monoisotopic (exact) mass is 613 g/mol. The third kappa shape index (κ3) is 5.37. The Bertz CT molecular complexity index is 1950. The molecule has 0 aliphatic carbocycles. The predicted molar refractivity (Wildman–Crippen MR) is 150 cm³/mol. The van der Waals surface area contributed by atoms with E-state index in [0.717, 1.165) is 12.3 Å². The molecule has 42 heavy (non-hydrogen) atoms. The highest BCUT2D eigenvalue weighted by atomic mass is 35.5. The summed E-state index contributed by atoms with van der Waals surface area (Å²) in [6.45, 7) is 0. The fourth-order valence-corrected chi connectivity index (χ4v) is 6.26. The van der Waals surface area contributed by atoms with E-state index in [4.69, 9.17) is 11.6 Å². The molecule has 2 aliphatic rings. The Labute approximate surface area is 244 Å². The number of nitriles is 1. The molecule has 4 aromatic rings. The minimum atomic E-state index is -3.12. The smallest absolute Gasteiger partial charge is 0.249 e. The van der Waals surface area contributed by atoms with Gasteiger partial charge in [0.25, 0.3) is 0 Å². The molecule has 0 spiro atoms. The number of hydrogen-bond donors (Lipinski definition) is 4. The van der Waals surface area contributed by atoms with Crippen LogP contribution in [0, 0.1) is 28.9 Å². The molecule has 1 fully saturated rings. The maximum absolute atomic E-state index is 13.9. The van der Waals surface area contributed by atoms with Crippen molar-refractivity contribution in [2.75, 3.05) is 22.1 Å². The zero-order chi connectivity index (χ0) is 30.5. The quantitative estimate of drug-likeness (QED) is 0.222. The van der Waals surface area contributed by atoms with Gasteiger partial charge in [-0.25, -0.2) is 22.2 Å². The second kappa shape index (κ2) is 10.7. The van der Waals surface area contributed by atoms with Crippen LogP contribution in [0.1, 0.15) is 18.5 Å². The van der Waals surface area contributed by atoms with Gasteiger partial charge in [0.1, 0.15) is 11.9 Å². The van der Waals surface area contributed by atoms with E-state index >= 15 is 0 Å². The Morgan fingerprint density at radius 3 is 2.57 bits per heavy atom. The number of rotatable bonds is 7. The second-order valence-electron chi connectivity index (χ2n) is 9.56. The topological polar surface area (TPSA) is 135 Å². The van der Waals surface area contributed by atoms with Crippen molar-refractivity contribution in [3.05, 3.63) is 100 Å². The Kier molecular flexibility index (Phi) is 6.69. The van der Waals surface area contributed by atoms with Crippen LogP contribution in [0.3, 0.4) is 0 Å². The van der Waals surface area contributed by atoms with Gasteiger partial charge in [-0.2, -0.15) is 9.65 Å². The molecule has 4 heterocycles. The van der Waals surface area contributed by atoms with Gasteiger partial charge in [0.2, 0.25) is 5.95 Å². The summed E-state index contributed by atoms with van der Waals surface area (Å²) < 4.78 is 74.1. The summed E-state index contributed by atoms with van der Waals surface area (Å²) >= 11 is 6.60. The molecule has 0 bridgehead atoms. The number of halogens is 4. The summed E-state index contributed by atoms with van der Waals surface area (Å²) in [6, 6.07) is 9.07. The number of hydrogen-bond acceptors (Lipinski definition) is 10. The highest BCUT2D eigenvalue weighted by molar-refractivity contribution is 7.92. The van der Waals surface area contributed by atoms with Gasteiger partial charge in [-0.3, -0.25) is 9.99 Å². The summed E-state index contributed by atoms with van der Waals surface area (Å²) in [6.07, 6.45) is 3.89. The van der Waals surface area contributed by atoms with Crippen LogP contribution >= 0.6 is 11.6 Å². The van der Waals surface area contributed by atoms with Crippen LogP contribution in [0.25, 0.3) is 10.9 Å². The summed E-state index contributed by atoms with van der Waals surface area (Å²) in [4.78, 5) is 7.64. The van der Waals surface area contributed by atoms with E-state index in [1.807, 2.05) is 6.07 Å². The van der Waals surface area contributed by atoms with Crippen LogP contribution in [0.15, 0.2) is 66.8 Å². The largest absolute Gasteiger partial charge is 0.373 e. The first-order valence-corrected chi connectivity index (χ1v) is 14.5. The van der Waals surface area contributed by atoms with Gasteiger partial charge in [-0.05, 0) is 29.8 Å². The van der Waals surface area contributed by atoms with Crippen molar-refractivity contribution in [2.45, 2.75) is 12.1 Å². The van der Waals surface area contributed by atoms with Crippen molar-refractivity contribution in [3.8, 4) is 6.07 Å². The zero-order valence-corrected chi connectivity index (χ0v) is 22.9. The molecule has 2 aromatic carbocycles. The fourth-order valence-electron chi connectivity index (χ4n) is 4.59. The number of anilines is 3. The van der Waals surface area contributed by atoms with Crippen LogP contribution in [0.4, 0.5) is 30.2 Å². The van der Waals surface area contributed by atoms with Crippen LogP contribution in [0.5, 0.6) is 0 Å². The number of nitrogens with one attached hydrogen (secondary N) is 4. The van der Waals surface area contributed by atoms with Crippen molar-refractivity contribution in [2.24, 2.45) is 0 Å². The van der Waals surface area contributed by atoms with E-state index in [-0.39, 0.29) is 56.4 Å². The molecule has 15 heteroatoms. The number of nitrogens with zero attached hydrogens (tertiary/aromatic N) is 4. The first kappa shape index (κ1) is 26.3. The molecular formula is C27H20ClF3N8O2S. The minimum absolute atomic E-state index is 0.0573. The third-order valence-electron chi connectivity index (χ3n) is 6.66. The van der Waals surface area contributed by atoms with E-state index in [1.165, 1.54) is 36.5 Å². The highest BCUT2D eigenvalue weighted by Gasteiger charge is 2.39. The van der Waals surface area contributed by atoms with Crippen molar-refractivity contribution in [1.82, 2.24) is 25.9 Å². The lowest BCUT2D eigenvalue weighted by Gasteiger charge is -2.33. The van der Waals surface area contributed by atoms with Gasteiger partial charge >= 0.3 is 0 Å². The van der Waals surface area contributed by atoms with Crippen molar-refractivity contribution >= 4 is 49.4 Å². The molecule has 0 amide bonds. The molecule has 0 radical (unpaired) electrons. The number of benzene rings is 2. The van der Waals surface area contributed by atoms with E-state index < -0.39 is 33.4 Å². The van der Waals surface area contributed by atoms with Gasteiger partial charge in [-0.15, -0.1) is 5.53 Å². The standard InChI is InChI=1S/C27H20ClF3N8O2S/c28-21-6-17(5-20-24(15(8-32)9-33-26(20)21)36-18-7-22(30)27(31)34-10-18)35-25(14-1-3-16(29)4-2-14)23-11-39(38-37-23)19-12-42(40,41)13-19/h1-7,9-11,19,25,35,37-38H,12-13H2,(H,33,36)/t25-/m1/s1/i25D. The summed E-state index contributed by atoms with van der Waals surface area (Å²) in [5.74, 6) is -3.10. The minimum Gasteiger partial charge on any atom is -0.373 e. The molecule has 0 unspecified atom stereocenters. The molecule has 1 saturated heterocycles. The number of sulfone groups is 1. The van der Waals surface area contributed by atoms with Crippen LogP contribution in [-0.4, -0.2) is 40.9 Å². The molecule has 214 valence electrons. The molecule has 2 aliphatic heterocycles. The van der Waals surface area contributed by atoms with Gasteiger partial charge in [0, 0.05) is 29.5 Å². The average molecular weight is 614 g/mol. The number of fused-ring (bicyclic) bond motifs is 1. The normalized spacial score (nSPS) is 17.8. The highest BCUT2D eigenvalue weighted by Crippen LogP contribution is 2.37. The first-order valence-electron chi connectivity index (χ1n) is 12.8. The lowest BCUT2D eigenvalue weighted by molar-refractivity contribution is 0.212. The lowest BCUT2D eigenvalue weighted by atomic mass is 10.0. The molecule has 2 aromatic heterocycles. The molecule has 6 rings (SSSR count). The Hall–Kier alpha value is -4.58. The maximum atomic E-state index is 13.9. The first-order chi connectivity index (χ1) is 20.5. The van der Waals surface area contributed by atoms with E-state index in [0.29, 0.717) is 10.9 Å². The van der Waals surface area contributed by atoms with Crippen LogP contribution in [0.2, 0.25) is 5.02 Å². The number of hydrazine groups is 2. The fraction of sp³-hybridized carbons (Fsp3) is 0.148. The van der Waals surface area contributed by atoms with Crippen molar-refractivity contribution in [1.29, 1.82) is 5.26 Å². The Morgan fingerprint density at radius 2 is 1.88 bits per heavy atom. The Balaban J connectivity index is 1.43. The number of pyridine rings is 2. The molecule has 4 N–H and O–H groups in total. The van der Waals surface area contributed by atoms with Gasteiger partial charge in [0.15, 0.2) is 15.7 Å². The predicted octanol–water partition coefficient (Wildman–Crippen LogP) is 4.43. The zero-order valence-electron chi connectivity index (χ0n) is 22.3. The summed E-state index contributed by atoms with van der Waals surface area (Å²) in [5.41, 5.74) is 7.22. The summed E-state index contributed by atoms with van der Waals surface area (Å²) in [5, 5.41) is 17.8. The second-order valence-corrected chi connectivity index (χ2v) is 12.1. The van der Waals surface area contributed by atoms with Crippen LogP contribution in [-0.2, 0) is 9.84 Å². The SMILES string of the molecule is [2H][C@](Nc1cc(Cl)c2ncc(C#N)c(Nc3cnc(F)c(F)c3)c2c1)(C1=CN(C2CS(=O)(=O)C2)NN1)c1ccc(F)cc1. The molecular weight excluding hydrogens is 593 g/mol. The summed E-state index contributed by atoms with van der Waals surface area (Å²) in [7, 11) is -3.12.